The molecule has 7 nitrogen and oxygen atoms in total. The monoisotopic (exact) mass is 327 g/mol. The van der Waals surface area contributed by atoms with Crippen LogP contribution >= 0.6 is 11.3 Å². The van der Waals surface area contributed by atoms with Gasteiger partial charge in [0.25, 0.3) is 15.9 Å². The van der Waals surface area contributed by atoms with E-state index in [0.717, 1.165) is 11.3 Å². The molecule has 112 valence electrons. The summed E-state index contributed by atoms with van der Waals surface area (Å²) in [6, 6.07) is 4.46. The van der Waals surface area contributed by atoms with Gasteiger partial charge in [0, 0.05) is 11.1 Å². The summed E-state index contributed by atoms with van der Waals surface area (Å²) in [5.41, 5.74) is 5.16. The number of carbonyl (C=O) groups excluding carboxylic acids is 1. The standard InChI is InChI=1S/C12H13N3O4S2/c1-7-10(6-9(20-7)11(13)16)21(17,18)15-12-8(19-2)4-3-5-14-12/h3-6H,1-2H3,(H2,13,16)(H,14,15). The summed E-state index contributed by atoms with van der Waals surface area (Å²) in [6.45, 7) is 1.60. The Bertz CT molecular complexity index is 784. The molecule has 0 saturated carbocycles. The number of thiophene rings is 1. The molecule has 0 aliphatic rings. The first-order valence-electron chi connectivity index (χ1n) is 5.77. The van der Waals surface area contributed by atoms with Crippen LogP contribution in [0.2, 0.25) is 0 Å². The molecule has 0 aliphatic heterocycles. The molecule has 0 bridgehead atoms. The smallest absolute Gasteiger partial charge is 0.264 e. The second-order valence-corrected chi connectivity index (χ2v) is 6.96. The minimum Gasteiger partial charge on any atom is -0.493 e. The number of hydrogen-bond donors (Lipinski definition) is 2. The highest BCUT2D eigenvalue weighted by molar-refractivity contribution is 7.93. The van der Waals surface area contributed by atoms with Crippen molar-refractivity contribution in [3.63, 3.8) is 0 Å². The Kier molecular flexibility index (Phi) is 4.14. The number of amides is 1. The van der Waals surface area contributed by atoms with Crippen LogP contribution in [0.15, 0.2) is 29.3 Å². The molecule has 2 heterocycles. The minimum atomic E-state index is -3.88. The summed E-state index contributed by atoms with van der Waals surface area (Å²) < 4.78 is 32.1. The summed E-state index contributed by atoms with van der Waals surface area (Å²) in [6.07, 6.45) is 1.44. The van der Waals surface area contributed by atoms with E-state index in [0.29, 0.717) is 10.6 Å². The van der Waals surface area contributed by atoms with Gasteiger partial charge in [0.15, 0.2) is 11.6 Å². The van der Waals surface area contributed by atoms with E-state index in [-0.39, 0.29) is 15.6 Å². The molecule has 0 fully saturated rings. The van der Waals surface area contributed by atoms with Crippen molar-refractivity contribution >= 4 is 33.1 Å². The molecule has 2 aromatic rings. The molecule has 0 saturated heterocycles. The quantitative estimate of drug-likeness (QED) is 0.861. The lowest BCUT2D eigenvalue weighted by atomic mass is 10.4. The van der Waals surface area contributed by atoms with Crippen LogP contribution in [-0.4, -0.2) is 26.4 Å². The molecule has 0 aromatic carbocycles. The average molecular weight is 327 g/mol. The van der Waals surface area contributed by atoms with Gasteiger partial charge in [-0.2, -0.15) is 0 Å². The van der Waals surface area contributed by atoms with Crippen molar-refractivity contribution in [3.05, 3.63) is 34.2 Å². The first-order valence-corrected chi connectivity index (χ1v) is 8.07. The second kappa shape index (κ2) is 5.70. The zero-order valence-electron chi connectivity index (χ0n) is 11.3. The third-order valence-electron chi connectivity index (χ3n) is 2.63. The van der Waals surface area contributed by atoms with Gasteiger partial charge in [-0.15, -0.1) is 11.3 Å². The minimum absolute atomic E-state index is 0.00555. The molecule has 0 unspecified atom stereocenters. The lowest BCUT2D eigenvalue weighted by Gasteiger charge is -2.10. The van der Waals surface area contributed by atoms with E-state index in [1.807, 2.05) is 0 Å². The van der Waals surface area contributed by atoms with E-state index in [9.17, 15) is 13.2 Å². The van der Waals surface area contributed by atoms with Crippen LogP contribution in [0.1, 0.15) is 14.5 Å². The maximum atomic E-state index is 12.4. The van der Waals surface area contributed by atoms with Crippen LogP contribution in [0.25, 0.3) is 0 Å². The SMILES string of the molecule is COc1cccnc1NS(=O)(=O)c1cc(C(N)=O)sc1C. The van der Waals surface area contributed by atoms with Crippen molar-refractivity contribution in [2.75, 3.05) is 11.8 Å². The summed E-state index contributed by atoms with van der Waals surface area (Å²) in [5.74, 6) is -0.296. The lowest BCUT2D eigenvalue weighted by molar-refractivity contribution is 0.100. The number of ether oxygens (including phenoxy) is 1. The highest BCUT2D eigenvalue weighted by Crippen LogP contribution is 2.29. The zero-order valence-corrected chi connectivity index (χ0v) is 12.9. The van der Waals surface area contributed by atoms with Gasteiger partial charge in [0.1, 0.15) is 4.90 Å². The Balaban J connectivity index is 2.41. The van der Waals surface area contributed by atoms with E-state index < -0.39 is 15.9 Å². The number of pyridine rings is 1. The lowest BCUT2D eigenvalue weighted by Crippen LogP contribution is -2.15. The Morgan fingerprint density at radius 3 is 2.76 bits per heavy atom. The topological polar surface area (TPSA) is 111 Å². The molecule has 0 radical (unpaired) electrons. The first kappa shape index (κ1) is 15.3. The normalized spacial score (nSPS) is 11.1. The van der Waals surface area contributed by atoms with Crippen molar-refractivity contribution in [3.8, 4) is 5.75 Å². The Labute approximate surface area is 125 Å². The number of sulfonamides is 1. The van der Waals surface area contributed by atoms with Crippen LogP contribution in [0.3, 0.4) is 0 Å². The molecule has 21 heavy (non-hydrogen) atoms. The van der Waals surface area contributed by atoms with E-state index in [1.54, 1.807) is 19.1 Å². The molecule has 2 rings (SSSR count). The Morgan fingerprint density at radius 2 is 2.19 bits per heavy atom. The van der Waals surface area contributed by atoms with Gasteiger partial charge in [-0.05, 0) is 25.1 Å². The van der Waals surface area contributed by atoms with E-state index >= 15 is 0 Å². The summed E-state index contributed by atoms with van der Waals surface area (Å²) in [5, 5.41) is 0. The van der Waals surface area contributed by atoms with Crippen LogP contribution in [-0.2, 0) is 10.0 Å². The highest BCUT2D eigenvalue weighted by atomic mass is 32.2. The number of anilines is 1. The number of methoxy groups -OCH3 is 1. The number of hydrogen-bond acceptors (Lipinski definition) is 6. The number of aryl methyl sites for hydroxylation is 1. The first-order chi connectivity index (χ1) is 9.85. The van der Waals surface area contributed by atoms with Crippen molar-refractivity contribution in [1.82, 2.24) is 4.98 Å². The third kappa shape index (κ3) is 3.14. The van der Waals surface area contributed by atoms with E-state index in [4.69, 9.17) is 10.5 Å². The Morgan fingerprint density at radius 1 is 1.48 bits per heavy atom. The van der Waals surface area contributed by atoms with Gasteiger partial charge in [-0.25, -0.2) is 13.4 Å². The van der Waals surface area contributed by atoms with Crippen molar-refractivity contribution < 1.29 is 17.9 Å². The van der Waals surface area contributed by atoms with Gasteiger partial charge in [0.05, 0.1) is 12.0 Å². The molecular formula is C12H13N3O4S2. The predicted molar refractivity (Wildman–Crippen MR) is 79.2 cm³/mol. The number of primary amides is 1. The predicted octanol–water partition coefficient (Wildman–Crippen LogP) is 1.36. The average Bonchev–Trinajstić information content (AvgIpc) is 2.82. The van der Waals surface area contributed by atoms with Gasteiger partial charge in [0.2, 0.25) is 0 Å². The van der Waals surface area contributed by atoms with Crippen molar-refractivity contribution in [2.24, 2.45) is 5.73 Å². The molecule has 9 heteroatoms. The number of aromatic nitrogens is 1. The fraction of sp³-hybridized carbons (Fsp3) is 0.167. The van der Waals surface area contributed by atoms with Gasteiger partial charge >= 0.3 is 0 Å². The zero-order chi connectivity index (χ0) is 15.6. The van der Waals surface area contributed by atoms with Crippen LogP contribution in [0.4, 0.5) is 5.82 Å². The summed E-state index contributed by atoms with van der Waals surface area (Å²) >= 11 is 1.02. The molecule has 1 amide bonds. The number of nitrogens with two attached hydrogens (primary N) is 1. The fourth-order valence-corrected chi connectivity index (χ4v) is 4.13. The number of carbonyl (C=O) groups is 1. The molecule has 0 spiro atoms. The molecule has 3 N–H and O–H groups in total. The van der Waals surface area contributed by atoms with Crippen LogP contribution < -0.4 is 15.2 Å². The maximum absolute atomic E-state index is 12.4. The summed E-state index contributed by atoms with van der Waals surface area (Å²) in [7, 11) is -2.47. The summed E-state index contributed by atoms with van der Waals surface area (Å²) in [4.78, 5) is 15.7. The van der Waals surface area contributed by atoms with Crippen molar-refractivity contribution in [1.29, 1.82) is 0 Å². The Hall–Kier alpha value is -2.13. The number of rotatable bonds is 5. The fourth-order valence-electron chi connectivity index (χ4n) is 1.67. The van der Waals surface area contributed by atoms with Crippen molar-refractivity contribution in [2.45, 2.75) is 11.8 Å². The van der Waals surface area contributed by atoms with Gasteiger partial charge < -0.3 is 10.5 Å². The van der Waals surface area contributed by atoms with Gasteiger partial charge in [-0.1, -0.05) is 0 Å². The number of nitrogens with one attached hydrogen (secondary N) is 1. The maximum Gasteiger partial charge on any atom is 0.264 e. The highest BCUT2D eigenvalue weighted by Gasteiger charge is 2.23. The van der Waals surface area contributed by atoms with Crippen LogP contribution in [0, 0.1) is 6.92 Å². The number of nitrogens with zero attached hydrogens (tertiary/aromatic N) is 1. The van der Waals surface area contributed by atoms with Gasteiger partial charge in [-0.3, -0.25) is 9.52 Å². The van der Waals surface area contributed by atoms with E-state index in [1.165, 1.54) is 19.4 Å². The molecule has 0 aliphatic carbocycles. The second-order valence-electron chi connectivity index (χ2n) is 4.06. The van der Waals surface area contributed by atoms with Crippen LogP contribution in [0.5, 0.6) is 5.75 Å². The third-order valence-corrected chi connectivity index (χ3v) is 5.29. The van der Waals surface area contributed by atoms with E-state index in [2.05, 4.69) is 9.71 Å². The largest absolute Gasteiger partial charge is 0.493 e. The molecular weight excluding hydrogens is 314 g/mol. The molecule has 2 aromatic heterocycles. The molecule has 0 atom stereocenters.